The number of piperazine rings is 1. The number of ether oxygens (including phenoxy) is 1. The first-order chi connectivity index (χ1) is 8.78. The van der Waals surface area contributed by atoms with E-state index in [1.807, 2.05) is 19.9 Å². The normalized spacial score (nSPS) is 18.3. The highest BCUT2D eigenvalue weighted by atomic mass is 16.5. The molecule has 1 saturated heterocycles. The molecule has 18 heavy (non-hydrogen) atoms. The van der Waals surface area contributed by atoms with Gasteiger partial charge in [0.15, 0.2) is 0 Å². The molecular formula is C13H23N3O2. The van der Waals surface area contributed by atoms with Gasteiger partial charge in [-0.25, -0.2) is 0 Å². The minimum absolute atomic E-state index is 0.811. The van der Waals surface area contributed by atoms with E-state index in [2.05, 4.69) is 15.0 Å². The van der Waals surface area contributed by atoms with Gasteiger partial charge in [0.05, 0.1) is 12.3 Å². The number of hydrogen-bond donors (Lipinski definition) is 0. The fourth-order valence-corrected chi connectivity index (χ4v) is 2.23. The van der Waals surface area contributed by atoms with Gasteiger partial charge in [-0.15, -0.1) is 0 Å². The Kier molecular flexibility index (Phi) is 5.16. The standard InChI is InChI=1S/C13H23N3O2/c1-3-17-9-8-15-4-6-16(7-5-15)11-13-10-12(2)18-14-13/h10H,3-9,11H2,1-2H3. The van der Waals surface area contributed by atoms with Crippen LogP contribution >= 0.6 is 0 Å². The summed E-state index contributed by atoms with van der Waals surface area (Å²) in [5.41, 5.74) is 1.04. The summed E-state index contributed by atoms with van der Waals surface area (Å²) in [6.07, 6.45) is 0. The Morgan fingerprint density at radius 2 is 2.00 bits per heavy atom. The average molecular weight is 253 g/mol. The first-order valence-electron chi connectivity index (χ1n) is 6.72. The van der Waals surface area contributed by atoms with E-state index in [9.17, 15) is 0 Å². The van der Waals surface area contributed by atoms with Crippen molar-refractivity contribution in [2.75, 3.05) is 45.9 Å². The molecular weight excluding hydrogens is 230 g/mol. The van der Waals surface area contributed by atoms with E-state index in [0.717, 1.165) is 63.9 Å². The van der Waals surface area contributed by atoms with E-state index in [0.29, 0.717) is 0 Å². The number of rotatable bonds is 6. The Hall–Kier alpha value is -0.910. The van der Waals surface area contributed by atoms with Gasteiger partial charge in [0, 0.05) is 51.9 Å². The van der Waals surface area contributed by atoms with E-state index in [1.165, 1.54) is 0 Å². The first kappa shape index (κ1) is 13.5. The predicted molar refractivity (Wildman–Crippen MR) is 69.5 cm³/mol. The number of aryl methyl sites for hydroxylation is 1. The molecule has 1 aliphatic heterocycles. The van der Waals surface area contributed by atoms with Crippen LogP contribution in [0.25, 0.3) is 0 Å². The van der Waals surface area contributed by atoms with Crippen molar-refractivity contribution < 1.29 is 9.26 Å². The summed E-state index contributed by atoms with van der Waals surface area (Å²) in [5.74, 6) is 0.889. The number of hydrogen-bond acceptors (Lipinski definition) is 5. The molecule has 5 nitrogen and oxygen atoms in total. The quantitative estimate of drug-likeness (QED) is 0.711. The van der Waals surface area contributed by atoms with Gasteiger partial charge in [-0.3, -0.25) is 9.80 Å². The van der Waals surface area contributed by atoms with Gasteiger partial charge >= 0.3 is 0 Å². The summed E-state index contributed by atoms with van der Waals surface area (Å²) in [6, 6.07) is 2.02. The second kappa shape index (κ2) is 6.87. The number of aromatic nitrogens is 1. The SMILES string of the molecule is CCOCCN1CCN(Cc2cc(C)on2)CC1. The molecule has 0 atom stereocenters. The van der Waals surface area contributed by atoms with Gasteiger partial charge in [0.25, 0.3) is 0 Å². The molecule has 0 N–H and O–H groups in total. The molecule has 0 saturated carbocycles. The van der Waals surface area contributed by atoms with Gasteiger partial charge < -0.3 is 9.26 Å². The lowest BCUT2D eigenvalue weighted by Gasteiger charge is -2.34. The summed E-state index contributed by atoms with van der Waals surface area (Å²) < 4.78 is 10.5. The molecule has 1 aliphatic rings. The first-order valence-corrected chi connectivity index (χ1v) is 6.72. The van der Waals surface area contributed by atoms with Crippen LogP contribution in [0.3, 0.4) is 0 Å². The van der Waals surface area contributed by atoms with Crippen LogP contribution in [0.4, 0.5) is 0 Å². The van der Waals surface area contributed by atoms with E-state index in [-0.39, 0.29) is 0 Å². The van der Waals surface area contributed by atoms with Crippen molar-refractivity contribution in [3.05, 3.63) is 17.5 Å². The van der Waals surface area contributed by atoms with Crippen LogP contribution in [0.15, 0.2) is 10.6 Å². The molecule has 5 heteroatoms. The van der Waals surface area contributed by atoms with Crippen LogP contribution in [-0.4, -0.2) is 60.9 Å². The molecule has 2 rings (SSSR count). The minimum atomic E-state index is 0.811. The summed E-state index contributed by atoms with van der Waals surface area (Å²) >= 11 is 0. The highest BCUT2D eigenvalue weighted by molar-refractivity contribution is 5.03. The van der Waals surface area contributed by atoms with E-state index >= 15 is 0 Å². The van der Waals surface area contributed by atoms with Crippen molar-refractivity contribution >= 4 is 0 Å². The monoisotopic (exact) mass is 253 g/mol. The van der Waals surface area contributed by atoms with Gasteiger partial charge in [0.1, 0.15) is 5.76 Å². The Morgan fingerprint density at radius 3 is 2.61 bits per heavy atom. The second-order valence-corrected chi connectivity index (χ2v) is 4.74. The second-order valence-electron chi connectivity index (χ2n) is 4.74. The molecule has 0 unspecified atom stereocenters. The zero-order valence-electron chi connectivity index (χ0n) is 11.4. The molecule has 102 valence electrons. The lowest BCUT2D eigenvalue weighted by Crippen LogP contribution is -2.46. The number of nitrogens with zero attached hydrogens (tertiary/aromatic N) is 3. The zero-order chi connectivity index (χ0) is 12.8. The van der Waals surface area contributed by atoms with Crippen LogP contribution in [0, 0.1) is 6.92 Å². The molecule has 0 aliphatic carbocycles. The van der Waals surface area contributed by atoms with Crippen molar-refractivity contribution in [1.82, 2.24) is 15.0 Å². The molecule has 2 heterocycles. The van der Waals surface area contributed by atoms with Crippen LogP contribution in [0.2, 0.25) is 0 Å². The van der Waals surface area contributed by atoms with Gasteiger partial charge in [-0.2, -0.15) is 0 Å². The smallest absolute Gasteiger partial charge is 0.133 e. The maximum Gasteiger partial charge on any atom is 0.133 e. The van der Waals surface area contributed by atoms with Crippen molar-refractivity contribution in [2.45, 2.75) is 20.4 Å². The van der Waals surface area contributed by atoms with Crippen LogP contribution in [0.5, 0.6) is 0 Å². The van der Waals surface area contributed by atoms with E-state index in [1.54, 1.807) is 0 Å². The Morgan fingerprint density at radius 1 is 1.28 bits per heavy atom. The molecule has 1 aromatic heterocycles. The third-order valence-corrected chi connectivity index (χ3v) is 3.28. The Bertz CT molecular complexity index is 346. The molecule has 0 spiro atoms. The summed E-state index contributed by atoms with van der Waals surface area (Å²) in [4.78, 5) is 4.88. The lowest BCUT2D eigenvalue weighted by molar-refractivity contribution is 0.0778. The third kappa shape index (κ3) is 4.08. The van der Waals surface area contributed by atoms with Gasteiger partial charge in [-0.1, -0.05) is 5.16 Å². The van der Waals surface area contributed by atoms with Crippen LogP contribution < -0.4 is 0 Å². The van der Waals surface area contributed by atoms with Crippen molar-refractivity contribution in [3.63, 3.8) is 0 Å². The molecule has 1 fully saturated rings. The van der Waals surface area contributed by atoms with Crippen LogP contribution in [0.1, 0.15) is 18.4 Å². The fraction of sp³-hybridized carbons (Fsp3) is 0.769. The molecule has 0 radical (unpaired) electrons. The Balaban J connectivity index is 1.67. The molecule has 1 aromatic rings. The zero-order valence-corrected chi connectivity index (χ0v) is 11.4. The van der Waals surface area contributed by atoms with Gasteiger partial charge in [0.2, 0.25) is 0 Å². The highest BCUT2D eigenvalue weighted by Crippen LogP contribution is 2.08. The fourth-order valence-electron chi connectivity index (χ4n) is 2.23. The molecule has 0 aromatic carbocycles. The third-order valence-electron chi connectivity index (χ3n) is 3.28. The van der Waals surface area contributed by atoms with Gasteiger partial charge in [-0.05, 0) is 13.8 Å². The average Bonchev–Trinajstić information content (AvgIpc) is 2.77. The molecule has 0 bridgehead atoms. The lowest BCUT2D eigenvalue weighted by atomic mass is 10.3. The summed E-state index contributed by atoms with van der Waals surface area (Å²) in [6.45, 7) is 12.0. The maximum atomic E-state index is 5.38. The minimum Gasteiger partial charge on any atom is -0.380 e. The van der Waals surface area contributed by atoms with E-state index < -0.39 is 0 Å². The van der Waals surface area contributed by atoms with Crippen molar-refractivity contribution in [1.29, 1.82) is 0 Å². The maximum absolute atomic E-state index is 5.38. The molecule has 0 amide bonds. The van der Waals surface area contributed by atoms with Crippen molar-refractivity contribution in [2.24, 2.45) is 0 Å². The largest absolute Gasteiger partial charge is 0.380 e. The van der Waals surface area contributed by atoms with Crippen LogP contribution in [-0.2, 0) is 11.3 Å². The highest BCUT2D eigenvalue weighted by Gasteiger charge is 2.17. The summed E-state index contributed by atoms with van der Waals surface area (Å²) in [7, 11) is 0. The summed E-state index contributed by atoms with van der Waals surface area (Å²) in [5, 5.41) is 4.04. The predicted octanol–water partition coefficient (Wildman–Crippen LogP) is 1.14. The van der Waals surface area contributed by atoms with Crippen molar-refractivity contribution in [3.8, 4) is 0 Å². The topological polar surface area (TPSA) is 41.7 Å². The Labute approximate surface area is 109 Å². The van der Waals surface area contributed by atoms with E-state index in [4.69, 9.17) is 9.26 Å².